The summed E-state index contributed by atoms with van der Waals surface area (Å²) in [5, 5.41) is 28.0. The summed E-state index contributed by atoms with van der Waals surface area (Å²) in [5.41, 5.74) is 0. The van der Waals surface area contributed by atoms with Crippen LogP contribution in [0.3, 0.4) is 0 Å². The first-order chi connectivity index (χ1) is 7.00. The Balaban J connectivity index is -0.0000000542. The van der Waals surface area contributed by atoms with Gasteiger partial charge in [-0.1, -0.05) is 36.4 Å². The van der Waals surface area contributed by atoms with E-state index in [0.717, 1.165) is 28.4 Å². The molecule has 1 rings (SSSR count). The molecule has 0 heterocycles. The van der Waals surface area contributed by atoms with Crippen LogP contribution in [0.15, 0.2) is 36.4 Å². The third-order valence-corrected chi connectivity index (χ3v) is 0.667. The predicted molar refractivity (Wildman–Crippen MR) is 59.0 cm³/mol. The summed E-state index contributed by atoms with van der Waals surface area (Å²) in [4.78, 5) is 0. The molecule has 0 unspecified atom stereocenters. The highest BCUT2D eigenvalue weighted by atomic mass is 16.2. The molecule has 0 aromatic heterocycles. The van der Waals surface area contributed by atoms with Crippen molar-refractivity contribution in [1.82, 2.24) is 0 Å². The molecule has 0 saturated carbocycles. The fourth-order valence-electron chi connectivity index (χ4n) is 0.385. The average molecular weight is 206 g/mol. The number of aliphatic hydroxyl groups is 4. The highest BCUT2D eigenvalue weighted by Gasteiger charge is 1.57. The molecule has 0 aliphatic rings. The fourth-order valence-corrected chi connectivity index (χ4v) is 0.385. The lowest BCUT2D eigenvalue weighted by Gasteiger charge is -1.69. The Morgan fingerprint density at radius 1 is 0.357 bits per heavy atom. The first-order valence-electron chi connectivity index (χ1n) is 3.79. The number of hydrogen-bond acceptors (Lipinski definition) is 4. The van der Waals surface area contributed by atoms with Crippen LogP contribution in [-0.4, -0.2) is 48.9 Å². The lowest BCUT2D eigenvalue weighted by Crippen LogP contribution is -1.47. The molecule has 0 amide bonds. The van der Waals surface area contributed by atoms with Gasteiger partial charge in [0.1, 0.15) is 0 Å². The van der Waals surface area contributed by atoms with Gasteiger partial charge in [-0.2, -0.15) is 0 Å². The van der Waals surface area contributed by atoms with E-state index in [4.69, 9.17) is 20.4 Å². The molecule has 0 radical (unpaired) electrons. The summed E-state index contributed by atoms with van der Waals surface area (Å²) >= 11 is 0. The number of aliphatic hydroxyl groups excluding tert-OH is 4. The number of hydrogen-bond donors (Lipinski definition) is 4. The van der Waals surface area contributed by atoms with Gasteiger partial charge in [0.2, 0.25) is 0 Å². The minimum atomic E-state index is 1.00. The van der Waals surface area contributed by atoms with E-state index in [9.17, 15) is 0 Å². The van der Waals surface area contributed by atoms with Gasteiger partial charge in [-0.15, -0.1) is 0 Å². The van der Waals surface area contributed by atoms with Gasteiger partial charge in [-0.25, -0.2) is 0 Å². The van der Waals surface area contributed by atoms with Crippen LogP contribution < -0.4 is 0 Å². The topological polar surface area (TPSA) is 80.9 Å². The van der Waals surface area contributed by atoms with Crippen molar-refractivity contribution in [3.05, 3.63) is 36.4 Å². The van der Waals surface area contributed by atoms with Crippen LogP contribution in [0.25, 0.3) is 0 Å². The summed E-state index contributed by atoms with van der Waals surface area (Å²) in [6.45, 7) is 0. The second kappa shape index (κ2) is 57.6. The number of rotatable bonds is 0. The van der Waals surface area contributed by atoms with Crippen molar-refractivity contribution in [2.75, 3.05) is 28.4 Å². The lowest BCUT2D eigenvalue weighted by molar-refractivity contribution is 0.399. The van der Waals surface area contributed by atoms with Crippen molar-refractivity contribution < 1.29 is 20.4 Å². The van der Waals surface area contributed by atoms with Crippen LogP contribution in [0.4, 0.5) is 0 Å². The van der Waals surface area contributed by atoms with Gasteiger partial charge >= 0.3 is 0 Å². The van der Waals surface area contributed by atoms with E-state index in [1.807, 2.05) is 36.4 Å². The maximum atomic E-state index is 7.00. The molecule has 4 heteroatoms. The minimum absolute atomic E-state index is 1.00. The van der Waals surface area contributed by atoms with Gasteiger partial charge in [0.05, 0.1) is 0 Å². The van der Waals surface area contributed by atoms with Crippen LogP contribution >= 0.6 is 0 Å². The second-order valence-electron chi connectivity index (χ2n) is 1.15. The molecule has 14 heavy (non-hydrogen) atoms. The zero-order valence-electron chi connectivity index (χ0n) is 9.25. The van der Waals surface area contributed by atoms with E-state index in [0.29, 0.717) is 0 Å². The molecule has 86 valence electrons. The van der Waals surface area contributed by atoms with Gasteiger partial charge < -0.3 is 20.4 Å². The molecule has 0 bridgehead atoms. The third kappa shape index (κ3) is 43.7. The SMILES string of the molecule is CO.CO.CO.CO.c1ccccc1. The molecule has 0 saturated heterocycles. The Labute approximate surface area is 86.1 Å². The summed E-state index contributed by atoms with van der Waals surface area (Å²) in [6.07, 6.45) is 0. The Morgan fingerprint density at radius 2 is 0.429 bits per heavy atom. The van der Waals surface area contributed by atoms with Gasteiger partial charge in [0, 0.05) is 28.4 Å². The van der Waals surface area contributed by atoms with Crippen LogP contribution in [0.2, 0.25) is 0 Å². The van der Waals surface area contributed by atoms with Crippen molar-refractivity contribution >= 4 is 0 Å². The largest absolute Gasteiger partial charge is 0.400 e. The molecular formula is C10H22O4. The van der Waals surface area contributed by atoms with E-state index < -0.39 is 0 Å². The fraction of sp³-hybridized carbons (Fsp3) is 0.400. The molecule has 1 aromatic carbocycles. The van der Waals surface area contributed by atoms with Crippen LogP contribution in [0.5, 0.6) is 0 Å². The molecular weight excluding hydrogens is 184 g/mol. The lowest BCUT2D eigenvalue weighted by atomic mass is 10.4. The summed E-state index contributed by atoms with van der Waals surface area (Å²) in [6, 6.07) is 12.0. The monoisotopic (exact) mass is 206 g/mol. The van der Waals surface area contributed by atoms with Gasteiger partial charge in [-0.05, 0) is 0 Å². The van der Waals surface area contributed by atoms with E-state index >= 15 is 0 Å². The standard InChI is InChI=1S/C6H6.4CH4O/c1-2-4-6-5-3-1;4*1-2/h1-6H;4*2H,1H3. The smallest absolute Gasteiger partial charge is 0.0319 e. The van der Waals surface area contributed by atoms with Crippen molar-refractivity contribution in [2.45, 2.75) is 0 Å². The molecule has 0 atom stereocenters. The van der Waals surface area contributed by atoms with E-state index in [1.165, 1.54) is 0 Å². The zero-order valence-corrected chi connectivity index (χ0v) is 9.25. The quantitative estimate of drug-likeness (QED) is 0.486. The van der Waals surface area contributed by atoms with Crippen molar-refractivity contribution in [3.63, 3.8) is 0 Å². The average Bonchev–Trinajstić information content (AvgIpc) is 2.41. The first kappa shape index (κ1) is 23.1. The molecule has 1 aromatic rings. The molecule has 0 spiro atoms. The zero-order chi connectivity index (χ0) is 12.2. The second-order valence-corrected chi connectivity index (χ2v) is 1.15. The van der Waals surface area contributed by atoms with Gasteiger partial charge in [0.15, 0.2) is 0 Å². The highest BCUT2D eigenvalue weighted by Crippen LogP contribution is 1.79. The van der Waals surface area contributed by atoms with Crippen LogP contribution in [0.1, 0.15) is 0 Å². The van der Waals surface area contributed by atoms with E-state index in [2.05, 4.69) is 0 Å². The Kier molecular flexibility index (Phi) is 95.2. The van der Waals surface area contributed by atoms with Crippen molar-refractivity contribution in [1.29, 1.82) is 0 Å². The molecule has 0 fully saturated rings. The summed E-state index contributed by atoms with van der Waals surface area (Å²) in [5.74, 6) is 0. The van der Waals surface area contributed by atoms with Crippen molar-refractivity contribution in [2.24, 2.45) is 0 Å². The predicted octanol–water partition coefficient (Wildman–Crippen LogP) is 0.121. The Bertz CT molecular complexity index is 84.0. The summed E-state index contributed by atoms with van der Waals surface area (Å²) in [7, 11) is 4.00. The third-order valence-electron chi connectivity index (χ3n) is 0.667. The Hall–Kier alpha value is -0.940. The molecule has 0 aliphatic heterocycles. The van der Waals surface area contributed by atoms with E-state index in [-0.39, 0.29) is 0 Å². The van der Waals surface area contributed by atoms with Gasteiger partial charge in [0.25, 0.3) is 0 Å². The molecule has 4 nitrogen and oxygen atoms in total. The maximum absolute atomic E-state index is 7.00. The highest BCUT2D eigenvalue weighted by molar-refractivity contribution is 4.99. The maximum Gasteiger partial charge on any atom is 0.0319 e. The summed E-state index contributed by atoms with van der Waals surface area (Å²) < 4.78 is 0. The Morgan fingerprint density at radius 3 is 0.500 bits per heavy atom. The van der Waals surface area contributed by atoms with Crippen LogP contribution in [0, 0.1) is 0 Å². The minimum Gasteiger partial charge on any atom is -0.400 e. The van der Waals surface area contributed by atoms with Crippen molar-refractivity contribution in [3.8, 4) is 0 Å². The normalized spacial score (nSPS) is 5.14. The molecule has 0 aliphatic carbocycles. The first-order valence-corrected chi connectivity index (χ1v) is 3.79. The van der Waals surface area contributed by atoms with Gasteiger partial charge in [-0.3, -0.25) is 0 Å². The van der Waals surface area contributed by atoms with Crippen LogP contribution in [-0.2, 0) is 0 Å². The molecule has 4 N–H and O–H groups in total. The van der Waals surface area contributed by atoms with E-state index in [1.54, 1.807) is 0 Å². The number of benzene rings is 1.